The molecule has 2 amide bonds. The molecule has 144 valence electrons. The van der Waals surface area contributed by atoms with Gasteiger partial charge in [0.25, 0.3) is 5.91 Å². The number of nitrogens with zero attached hydrogens (tertiary/aromatic N) is 2. The predicted octanol–water partition coefficient (Wildman–Crippen LogP) is 1.40. The van der Waals surface area contributed by atoms with Crippen LogP contribution in [0.4, 0.5) is 0 Å². The maximum Gasteiger partial charge on any atom is 0.257 e. The number of benzene rings is 1. The largest absolute Gasteiger partial charge is 0.496 e. The molecule has 0 radical (unpaired) electrons. The summed E-state index contributed by atoms with van der Waals surface area (Å²) in [6.45, 7) is 3.50. The molecule has 1 aliphatic rings. The number of ether oxygens (including phenoxy) is 1. The number of hydrogen-bond acceptors (Lipinski definition) is 5. The summed E-state index contributed by atoms with van der Waals surface area (Å²) in [5.74, 6) is 0.814. The van der Waals surface area contributed by atoms with Gasteiger partial charge in [-0.15, -0.1) is 0 Å². The topological polar surface area (TPSA) is 75.0 Å². The van der Waals surface area contributed by atoms with Gasteiger partial charge < -0.3 is 19.4 Å². The van der Waals surface area contributed by atoms with Gasteiger partial charge in [0.15, 0.2) is 0 Å². The molecule has 2 aromatic rings. The number of rotatable bonds is 7. The van der Waals surface area contributed by atoms with Crippen molar-refractivity contribution in [1.29, 1.82) is 0 Å². The highest BCUT2D eigenvalue weighted by Crippen LogP contribution is 2.17. The van der Waals surface area contributed by atoms with E-state index in [2.05, 4.69) is 10.2 Å². The smallest absolute Gasteiger partial charge is 0.257 e. The zero-order chi connectivity index (χ0) is 19.1. The van der Waals surface area contributed by atoms with E-state index in [0.717, 1.165) is 17.7 Å². The van der Waals surface area contributed by atoms with Crippen LogP contribution in [0.25, 0.3) is 0 Å². The first kappa shape index (κ1) is 19.0. The summed E-state index contributed by atoms with van der Waals surface area (Å²) in [6, 6.07) is 9.48. The molecule has 1 aromatic heterocycles. The molecule has 3 rings (SSSR count). The van der Waals surface area contributed by atoms with Crippen LogP contribution < -0.4 is 10.1 Å². The Morgan fingerprint density at radius 2 is 1.93 bits per heavy atom. The summed E-state index contributed by atoms with van der Waals surface area (Å²) in [5, 5.41) is 2.96. The molecular weight excluding hydrogens is 346 g/mol. The normalized spacial score (nSPS) is 14.8. The summed E-state index contributed by atoms with van der Waals surface area (Å²) in [7, 11) is 1.65. The van der Waals surface area contributed by atoms with Crippen molar-refractivity contribution in [3.8, 4) is 5.75 Å². The van der Waals surface area contributed by atoms with Crippen LogP contribution in [0.3, 0.4) is 0 Å². The van der Waals surface area contributed by atoms with Crippen LogP contribution in [0.15, 0.2) is 47.3 Å². The first-order chi connectivity index (χ1) is 13.2. The Morgan fingerprint density at radius 3 is 2.63 bits per heavy atom. The Kier molecular flexibility index (Phi) is 6.49. The molecule has 0 spiro atoms. The molecule has 0 bridgehead atoms. The Hall–Kier alpha value is -2.80. The van der Waals surface area contributed by atoms with Crippen LogP contribution in [0, 0.1) is 0 Å². The lowest BCUT2D eigenvalue weighted by Gasteiger charge is -2.34. The fourth-order valence-electron chi connectivity index (χ4n) is 3.18. The molecule has 0 unspecified atom stereocenters. The number of hydrogen-bond donors (Lipinski definition) is 1. The molecule has 1 fully saturated rings. The summed E-state index contributed by atoms with van der Waals surface area (Å²) in [5.41, 5.74) is 1.64. The average Bonchev–Trinajstić information content (AvgIpc) is 3.23. The molecule has 0 saturated carbocycles. The number of para-hydroxylation sites is 1. The molecule has 1 N–H and O–H groups in total. The van der Waals surface area contributed by atoms with Gasteiger partial charge in [0, 0.05) is 32.7 Å². The van der Waals surface area contributed by atoms with Crippen LogP contribution in [-0.4, -0.2) is 68.0 Å². The molecular formula is C20H25N3O4. The molecule has 1 saturated heterocycles. The summed E-state index contributed by atoms with van der Waals surface area (Å²) < 4.78 is 10.3. The maximum atomic E-state index is 12.3. The quantitative estimate of drug-likeness (QED) is 0.796. The van der Waals surface area contributed by atoms with Gasteiger partial charge in [0.2, 0.25) is 5.91 Å². The molecule has 7 nitrogen and oxygen atoms in total. The van der Waals surface area contributed by atoms with Crippen LogP contribution >= 0.6 is 0 Å². The summed E-state index contributed by atoms with van der Waals surface area (Å²) in [6.07, 6.45) is 3.69. The van der Waals surface area contributed by atoms with Crippen molar-refractivity contribution in [2.45, 2.75) is 6.42 Å². The van der Waals surface area contributed by atoms with Gasteiger partial charge in [0.1, 0.15) is 12.0 Å². The van der Waals surface area contributed by atoms with Crippen molar-refractivity contribution in [2.75, 3.05) is 46.4 Å². The molecule has 0 aliphatic carbocycles. The van der Waals surface area contributed by atoms with E-state index in [0.29, 0.717) is 44.8 Å². The van der Waals surface area contributed by atoms with E-state index < -0.39 is 0 Å². The predicted molar refractivity (Wildman–Crippen MR) is 101 cm³/mol. The minimum atomic E-state index is -0.0235. The van der Waals surface area contributed by atoms with Gasteiger partial charge >= 0.3 is 0 Å². The van der Waals surface area contributed by atoms with Gasteiger partial charge in [-0.3, -0.25) is 14.5 Å². The lowest BCUT2D eigenvalue weighted by atomic mass is 10.1. The maximum absolute atomic E-state index is 12.3. The van der Waals surface area contributed by atoms with E-state index in [9.17, 15) is 9.59 Å². The van der Waals surface area contributed by atoms with E-state index in [4.69, 9.17) is 9.15 Å². The molecule has 1 aliphatic heterocycles. The monoisotopic (exact) mass is 371 g/mol. The van der Waals surface area contributed by atoms with Gasteiger partial charge in [-0.25, -0.2) is 0 Å². The number of methoxy groups -OCH3 is 1. The van der Waals surface area contributed by atoms with Crippen LogP contribution in [-0.2, 0) is 11.2 Å². The Balaban J connectivity index is 1.37. The fraction of sp³-hybridized carbons (Fsp3) is 0.400. The number of nitrogens with one attached hydrogen (secondary N) is 1. The SMILES string of the molecule is COc1ccccc1CCNC(=O)CN1CCN(C(=O)c2ccoc2)CC1. The Bertz CT molecular complexity index is 752. The average molecular weight is 371 g/mol. The highest BCUT2D eigenvalue weighted by atomic mass is 16.5. The number of carbonyl (C=O) groups excluding carboxylic acids is 2. The van der Waals surface area contributed by atoms with Crippen molar-refractivity contribution in [1.82, 2.24) is 15.1 Å². The summed E-state index contributed by atoms with van der Waals surface area (Å²) >= 11 is 0. The third kappa shape index (κ3) is 5.10. The van der Waals surface area contributed by atoms with E-state index >= 15 is 0 Å². The van der Waals surface area contributed by atoms with Crippen molar-refractivity contribution < 1.29 is 18.7 Å². The standard InChI is InChI=1S/C20H25N3O4/c1-26-18-5-3-2-4-16(18)6-8-21-19(24)14-22-9-11-23(12-10-22)20(25)17-7-13-27-15-17/h2-5,7,13,15H,6,8-12,14H2,1H3,(H,21,24). The molecule has 27 heavy (non-hydrogen) atoms. The van der Waals surface area contributed by atoms with E-state index in [1.54, 1.807) is 18.1 Å². The molecule has 7 heteroatoms. The zero-order valence-corrected chi connectivity index (χ0v) is 15.5. The number of piperazine rings is 1. The lowest BCUT2D eigenvalue weighted by molar-refractivity contribution is -0.122. The zero-order valence-electron chi connectivity index (χ0n) is 15.5. The van der Waals surface area contributed by atoms with Crippen LogP contribution in [0.2, 0.25) is 0 Å². The van der Waals surface area contributed by atoms with Crippen LogP contribution in [0.5, 0.6) is 5.75 Å². The second-order valence-electron chi connectivity index (χ2n) is 6.49. The minimum Gasteiger partial charge on any atom is -0.496 e. The van der Waals surface area contributed by atoms with Crippen molar-refractivity contribution in [2.24, 2.45) is 0 Å². The Morgan fingerprint density at radius 1 is 1.15 bits per heavy atom. The van der Waals surface area contributed by atoms with Gasteiger partial charge in [-0.1, -0.05) is 18.2 Å². The third-order valence-electron chi connectivity index (χ3n) is 4.70. The van der Waals surface area contributed by atoms with Gasteiger partial charge in [-0.05, 0) is 24.1 Å². The van der Waals surface area contributed by atoms with E-state index in [-0.39, 0.29) is 11.8 Å². The van der Waals surface area contributed by atoms with Crippen LogP contribution in [0.1, 0.15) is 15.9 Å². The van der Waals surface area contributed by atoms with E-state index in [1.807, 2.05) is 24.3 Å². The Labute approximate surface area is 158 Å². The fourth-order valence-corrected chi connectivity index (χ4v) is 3.18. The van der Waals surface area contributed by atoms with Gasteiger partial charge in [-0.2, -0.15) is 0 Å². The van der Waals surface area contributed by atoms with Crippen molar-refractivity contribution in [3.05, 3.63) is 54.0 Å². The second kappa shape index (κ2) is 9.23. The molecule has 2 heterocycles. The second-order valence-corrected chi connectivity index (χ2v) is 6.49. The minimum absolute atomic E-state index is 0.000455. The number of amides is 2. The highest BCUT2D eigenvalue weighted by Gasteiger charge is 2.23. The first-order valence-electron chi connectivity index (χ1n) is 9.10. The number of carbonyl (C=O) groups is 2. The number of furan rings is 1. The van der Waals surface area contributed by atoms with E-state index in [1.165, 1.54) is 12.5 Å². The first-order valence-corrected chi connectivity index (χ1v) is 9.10. The van der Waals surface area contributed by atoms with Gasteiger partial charge in [0.05, 0.1) is 25.5 Å². The summed E-state index contributed by atoms with van der Waals surface area (Å²) in [4.78, 5) is 28.3. The van der Waals surface area contributed by atoms with Crippen molar-refractivity contribution >= 4 is 11.8 Å². The lowest BCUT2D eigenvalue weighted by Crippen LogP contribution is -2.51. The molecule has 1 aromatic carbocycles. The molecule has 0 atom stereocenters. The van der Waals surface area contributed by atoms with Crippen molar-refractivity contribution in [3.63, 3.8) is 0 Å². The third-order valence-corrected chi connectivity index (χ3v) is 4.70. The highest BCUT2D eigenvalue weighted by molar-refractivity contribution is 5.93.